The summed E-state index contributed by atoms with van der Waals surface area (Å²) < 4.78 is 22.7. The molecule has 1 aliphatic carbocycles. The highest BCUT2D eigenvalue weighted by molar-refractivity contribution is 7.89. The quantitative estimate of drug-likeness (QED) is 0.877. The summed E-state index contributed by atoms with van der Waals surface area (Å²) in [5.41, 5.74) is 1.09. The highest BCUT2D eigenvalue weighted by Crippen LogP contribution is 2.64. The van der Waals surface area contributed by atoms with E-state index >= 15 is 0 Å². The molecular formula is C13H17NO4S. The van der Waals surface area contributed by atoms with Crippen LogP contribution in [0.2, 0.25) is 0 Å². The van der Waals surface area contributed by atoms with Crippen LogP contribution in [-0.2, 0) is 14.8 Å². The summed E-state index contributed by atoms with van der Waals surface area (Å²) in [6.45, 7) is 5.47. The molecule has 0 amide bonds. The minimum Gasteiger partial charge on any atom is -0.481 e. The topological polar surface area (TPSA) is 97.5 Å². The fourth-order valence-electron chi connectivity index (χ4n) is 2.91. The lowest BCUT2D eigenvalue weighted by atomic mass is 10.0. The SMILES string of the molecule is Cc1cc([C@H]2[C@H](C(=O)O)C2(C)C)ccc1S(N)(=O)=O. The van der Waals surface area contributed by atoms with Gasteiger partial charge in [-0.1, -0.05) is 26.0 Å². The first kappa shape index (κ1) is 14.0. The summed E-state index contributed by atoms with van der Waals surface area (Å²) in [5, 5.41) is 14.3. The lowest BCUT2D eigenvalue weighted by Gasteiger charge is -2.07. The molecule has 6 heteroatoms. The van der Waals surface area contributed by atoms with E-state index in [4.69, 9.17) is 10.2 Å². The van der Waals surface area contributed by atoms with Crippen molar-refractivity contribution in [1.82, 2.24) is 0 Å². The largest absolute Gasteiger partial charge is 0.481 e. The summed E-state index contributed by atoms with van der Waals surface area (Å²) in [4.78, 5) is 11.2. The van der Waals surface area contributed by atoms with Crippen molar-refractivity contribution in [3.63, 3.8) is 0 Å². The fraction of sp³-hybridized carbons (Fsp3) is 0.462. The molecule has 1 aliphatic rings. The van der Waals surface area contributed by atoms with Crippen LogP contribution in [0.1, 0.15) is 30.9 Å². The van der Waals surface area contributed by atoms with E-state index in [-0.39, 0.29) is 16.2 Å². The van der Waals surface area contributed by atoms with E-state index in [9.17, 15) is 13.2 Å². The van der Waals surface area contributed by atoms with E-state index in [2.05, 4.69) is 0 Å². The molecule has 1 saturated carbocycles. The number of carbonyl (C=O) groups is 1. The Morgan fingerprint density at radius 3 is 2.32 bits per heavy atom. The Morgan fingerprint density at radius 1 is 1.37 bits per heavy atom. The van der Waals surface area contributed by atoms with Crippen molar-refractivity contribution in [2.24, 2.45) is 16.5 Å². The van der Waals surface area contributed by atoms with E-state index in [1.807, 2.05) is 13.8 Å². The summed E-state index contributed by atoms with van der Waals surface area (Å²) in [6, 6.07) is 4.82. The predicted molar refractivity (Wildman–Crippen MR) is 70.2 cm³/mol. The van der Waals surface area contributed by atoms with Crippen LogP contribution in [0.15, 0.2) is 23.1 Å². The van der Waals surface area contributed by atoms with E-state index in [1.54, 1.807) is 19.1 Å². The average Bonchev–Trinajstić information content (AvgIpc) is 2.79. The van der Waals surface area contributed by atoms with Gasteiger partial charge in [0.1, 0.15) is 0 Å². The number of sulfonamides is 1. The number of nitrogens with two attached hydrogens (primary N) is 1. The molecular weight excluding hydrogens is 266 g/mol. The van der Waals surface area contributed by atoms with Crippen molar-refractivity contribution < 1.29 is 18.3 Å². The van der Waals surface area contributed by atoms with Gasteiger partial charge in [-0.2, -0.15) is 0 Å². The lowest BCUT2D eigenvalue weighted by molar-refractivity contribution is -0.139. The fourth-order valence-corrected chi connectivity index (χ4v) is 3.67. The number of benzene rings is 1. The van der Waals surface area contributed by atoms with E-state index in [1.165, 1.54) is 6.07 Å². The highest BCUT2D eigenvalue weighted by atomic mass is 32.2. The van der Waals surface area contributed by atoms with Gasteiger partial charge in [0, 0.05) is 5.92 Å². The van der Waals surface area contributed by atoms with E-state index in [0.717, 1.165) is 5.56 Å². The van der Waals surface area contributed by atoms with Crippen LogP contribution < -0.4 is 5.14 Å². The van der Waals surface area contributed by atoms with Crippen molar-refractivity contribution in [3.8, 4) is 0 Å². The van der Waals surface area contributed by atoms with Gasteiger partial charge in [-0.15, -0.1) is 0 Å². The van der Waals surface area contributed by atoms with Crippen molar-refractivity contribution in [2.45, 2.75) is 31.6 Å². The molecule has 104 valence electrons. The molecule has 19 heavy (non-hydrogen) atoms. The number of primary sulfonamides is 1. The molecule has 0 radical (unpaired) electrons. The number of hydrogen-bond acceptors (Lipinski definition) is 3. The molecule has 0 aliphatic heterocycles. The Kier molecular flexibility index (Phi) is 2.98. The van der Waals surface area contributed by atoms with Gasteiger partial charge < -0.3 is 5.11 Å². The Bertz CT molecular complexity index is 649. The molecule has 3 N–H and O–H groups in total. The van der Waals surface area contributed by atoms with Crippen LogP contribution in [0.3, 0.4) is 0 Å². The first-order valence-electron chi connectivity index (χ1n) is 5.93. The van der Waals surface area contributed by atoms with E-state index in [0.29, 0.717) is 5.56 Å². The molecule has 0 aromatic heterocycles. The highest BCUT2D eigenvalue weighted by Gasteiger charge is 2.62. The number of carboxylic acid groups (broad SMARTS) is 1. The molecule has 0 unspecified atom stereocenters. The lowest BCUT2D eigenvalue weighted by Crippen LogP contribution is -2.13. The first-order chi connectivity index (χ1) is 8.56. The molecule has 0 bridgehead atoms. The van der Waals surface area contributed by atoms with Crippen molar-refractivity contribution >= 4 is 16.0 Å². The van der Waals surface area contributed by atoms with Gasteiger partial charge in [-0.25, -0.2) is 13.6 Å². The van der Waals surface area contributed by atoms with Crippen LogP contribution >= 0.6 is 0 Å². The Labute approximate surface area is 112 Å². The van der Waals surface area contributed by atoms with E-state index < -0.39 is 21.9 Å². The van der Waals surface area contributed by atoms with Gasteiger partial charge in [0.15, 0.2) is 0 Å². The summed E-state index contributed by atoms with van der Waals surface area (Å²) >= 11 is 0. The van der Waals surface area contributed by atoms with Crippen LogP contribution in [0.4, 0.5) is 0 Å². The molecule has 0 heterocycles. The zero-order chi connectivity index (χ0) is 14.6. The average molecular weight is 283 g/mol. The third kappa shape index (κ3) is 2.26. The maximum absolute atomic E-state index is 11.3. The summed E-state index contributed by atoms with van der Waals surface area (Å²) in [6.07, 6.45) is 0. The van der Waals surface area contributed by atoms with Crippen LogP contribution in [0.5, 0.6) is 0 Å². The van der Waals surface area contributed by atoms with Gasteiger partial charge in [0.05, 0.1) is 10.8 Å². The molecule has 0 saturated heterocycles. The Balaban J connectivity index is 2.41. The van der Waals surface area contributed by atoms with Gasteiger partial charge >= 0.3 is 5.97 Å². The smallest absolute Gasteiger partial charge is 0.307 e. The zero-order valence-corrected chi connectivity index (χ0v) is 11.9. The molecule has 1 aromatic carbocycles. The summed E-state index contributed by atoms with van der Waals surface area (Å²) in [7, 11) is -3.73. The van der Waals surface area contributed by atoms with Gasteiger partial charge in [0.2, 0.25) is 10.0 Å². The molecule has 2 atom stereocenters. The molecule has 5 nitrogen and oxygen atoms in total. The number of hydrogen-bond donors (Lipinski definition) is 2. The minimum atomic E-state index is -3.73. The second kappa shape index (κ2) is 4.05. The monoisotopic (exact) mass is 283 g/mol. The Hall–Kier alpha value is -1.40. The van der Waals surface area contributed by atoms with Crippen molar-refractivity contribution in [2.75, 3.05) is 0 Å². The normalized spacial score (nSPS) is 25.1. The Morgan fingerprint density at radius 2 is 1.95 bits per heavy atom. The third-order valence-corrected chi connectivity index (χ3v) is 5.03. The third-order valence-electron chi connectivity index (χ3n) is 3.96. The van der Waals surface area contributed by atoms with Crippen molar-refractivity contribution in [3.05, 3.63) is 29.3 Å². The van der Waals surface area contributed by atoms with Crippen molar-refractivity contribution in [1.29, 1.82) is 0 Å². The van der Waals surface area contributed by atoms with Gasteiger partial charge in [0.25, 0.3) is 0 Å². The van der Waals surface area contributed by atoms with Gasteiger partial charge in [-0.05, 0) is 29.5 Å². The number of aliphatic carboxylic acids is 1. The maximum Gasteiger partial charge on any atom is 0.307 e. The van der Waals surface area contributed by atoms with Gasteiger partial charge in [-0.3, -0.25) is 4.79 Å². The standard InChI is InChI=1S/C13H17NO4S/c1-7-6-8(4-5-9(7)19(14,17)18)10-11(12(15)16)13(10,2)3/h4-6,10-11H,1-3H3,(H,15,16)(H2,14,17,18)/t10-,11+/m0/s1. The first-order valence-corrected chi connectivity index (χ1v) is 7.47. The van der Waals surface area contributed by atoms with Crippen LogP contribution in [0.25, 0.3) is 0 Å². The number of aryl methyl sites for hydroxylation is 1. The number of rotatable bonds is 3. The second-order valence-electron chi connectivity index (χ2n) is 5.68. The summed E-state index contributed by atoms with van der Waals surface area (Å²) in [5.74, 6) is -1.33. The molecule has 0 spiro atoms. The molecule has 1 fully saturated rings. The minimum absolute atomic E-state index is 0.0848. The zero-order valence-electron chi connectivity index (χ0n) is 11.0. The predicted octanol–water partition coefficient (Wildman–Crippen LogP) is 1.47. The number of carboxylic acids is 1. The van der Waals surface area contributed by atoms with Crippen LogP contribution in [-0.4, -0.2) is 19.5 Å². The molecule has 2 rings (SSSR count). The van der Waals surface area contributed by atoms with Crippen LogP contribution in [0, 0.1) is 18.3 Å². The maximum atomic E-state index is 11.3. The molecule has 1 aromatic rings. The second-order valence-corrected chi connectivity index (χ2v) is 7.21.